The van der Waals surface area contributed by atoms with Crippen LogP contribution < -0.4 is 5.32 Å². The molecule has 0 radical (unpaired) electrons. The molecule has 0 aromatic carbocycles. The summed E-state index contributed by atoms with van der Waals surface area (Å²) in [4.78, 5) is 43.5. The predicted molar refractivity (Wildman–Crippen MR) is 103 cm³/mol. The molecule has 4 N–H and O–H groups in total. The molecule has 0 aliphatic carbocycles. The zero-order chi connectivity index (χ0) is 19.7. The van der Waals surface area contributed by atoms with Crippen LogP contribution in [0, 0.1) is 0 Å². The van der Waals surface area contributed by atoms with E-state index in [4.69, 9.17) is 0 Å². The zero-order valence-corrected chi connectivity index (χ0v) is 15.6. The fourth-order valence-corrected chi connectivity index (χ4v) is 3.71. The molecule has 0 bridgehead atoms. The molecule has 9 nitrogen and oxygen atoms in total. The topological polar surface area (TPSA) is 137 Å². The normalized spacial score (nSPS) is 12.2. The van der Waals surface area contributed by atoms with Crippen molar-refractivity contribution in [1.82, 2.24) is 30.2 Å². The number of carbonyl (C=O) groups is 2. The minimum atomic E-state index is -1.07. The average Bonchev–Trinajstić information content (AvgIpc) is 3.41. The molecule has 4 rings (SSSR count). The van der Waals surface area contributed by atoms with E-state index in [9.17, 15) is 14.7 Å². The van der Waals surface area contributed by atoms with E-state index in [1.807, 2.05) is 6.92 Å². The zero-order valence-electron chi connectivity index (χ0n) is 14.8. The van der Waals surface area contributed by atoms with Crippen LogP contribution in [0.2, 0.25) is 0 Å². The van der Waals surface area contributed by atoms with Crippen molar-refractivity contribution in [1.29, 1.82) is 0 Å². The van der Waals surface area contributed by atoms with E-state index in [-0.39, 0.29) is 23.0 Å². The van der Waals surface area contributed by atoms with Gasteiger partial charge in [0.25, 0.3) is 5.91 Å². The van der Waals surface area contributed by atoms with Crippen molar-refractivity contribution in [2.75, 3.05) is 0 Å². The fraction of sp³-hybridized carbons (Fsp3) is 0.167. The molecule has 0 aliphatic rings. The highest BCUT2D eigenvalue weighted by molar-refractivity contribution is 7.17. The molecule has 0 saturated carbocycles. The second-order valence-corrected chi connectivity index (χ2v) is 7.36. The maximum atomic E-state index is 12.5. The number of aromatic nitrogens is 5. The summed E-state index contributed by atoms with van der Waals surface area (Å²) < 4.78 is 0. The molecule has 4 heterocycles. The second kappa shape index (κ2) is 7.24. The molecule has 0 fully saturated rings. The van der Waals surface area contributed by atoms with E-state index < -0.39 is 5.97 Å². The number of carboxylic acids is 1. The van der Waals surface area contributed by atoms with E-state index in [2.05, 4.69) is 30.2 Å². The number of H-pyrrole nitrogens is 2. The average molecular weight is 396 g/mol. The van der Waals surface area contributed by atoms with Crippen LogP contribution in [-0.4, -0.2) is 47.9 Å². The van der Waals surface area contributed by atoms with Crippen LogP contribution in [0.3, 0.4) is 0 Å². The summed E-state index contributed by atoms with van der Waals surface area (Å²) in [6.45, 7) is 1.92. The number of nitrogens with one attached hydrogen (secondary N) is 3. The Morgan fingerprint density at radius 3 is 2.89 bits per heavy atom. The number of carbonyl (C=O) groups excluding carboxylic acids is 1. The lowest BCUT2D eigenvalue weighted by Crippen LogP contribution is -2.33. The van der Waals surface area contributed by atoms with Gasteiger partial charge in [0, 0.05) is 30.6 Å². The van der Waals surface area contributed by atoms with Crippen molar-refractivity contribution in [3.63, 3.8) is 0 Å². The lowest BCUT2D eigenvalue weighted by molar-refractivity contribution is 0.0698. The third-order valence-corrected chi connectivity index (χ3v) is 5.26. The third-order valence-electron chi connectivity index (χ3n) is 4.15. The SMILES string of the molecule is C[C@H](Cc1cnc[nH]1)NC(=O)c1ccc(-c2cnc3[nH]cc(C(=O)O)c3n2)s1. The first kappa shape index (κ1) is 17.9. The molecule has 28 heavy (non-hydrogen) atoms. The number of carboxylic acid groups (broad SMARTS) is 1. The number of rotatable bonds is 6. The van der Waals surface area contributed by atoms with Gasteiger partial charge in [-0.3, -0.25) is 4.79 Å². The maximum Gasteiger partial charge on any atom is 0.339 e. The molecular formula is C18H16N6O3S. The van der Waals surface area contributed by atoms with E-state index in [0.717, 1.165) is 10.6 Å². The summed E-state index contributed by atoms with van der Waals surface area (Å²) in [6, 6.07) is 3.44. The number of thiophene rings is 1. The number of imidazole rings is 1. The maximum absolute atomic E-state index is 12.5. The van der Waals surface area contributed by atoms with E-state index >= 15 is 0 Å². The standard InChI is InChI=1S/C18H16N6O3S/c1-9(4-10-5-19-8-22-10)23-17(25)14-3-2-13(28-14)12-7-21-16-15(24-12)11(6-20-16)18(26)27/h2-3,5-9H,4H2,1H3,(H,19,22)(H,20,21)(H,23,25)(H,26,27)/t9-/m1/s1. The fourth-order valence-electron chi connectivity index (χ4n) is 2.84. The monoisotopic (exact) mass is 396 g/mol. The largest absolute Gasteiger partial charge is 0.478 e. The van der Waals surface area contributed by atoms with Crippen LogP contribution in [0.4, 0.5) is 0 Å². The quantitative estimate of drug-likeness (QED) is 0.395. The lowest BCUT2D eigenvalue weighted by atomic mass is 10.2. The van der Waals surface area contributed by atoms with Crippen molar-refractivity contribution >= 4 is 34.4 Å². The van der Waals surface area contributed by atoms with Gasteiger partial charge in [-0.2, -0.15) is 0 Å². The van der Waals surface area contributed by atoms with Gasteiger partial charge in [0.15, 0.2) is 5.65 Å². The number of hydrogen-bond acceptors (Lipinski definition) is 6. The Bertz CT molecular complexity index is 1150. The Morgan fingerprint density at radius 2 is 2.14 bits per heavy atom. The van der Waals surface area contributed by atoms with E-state index in [0.29, 0.717) is 22.6 Å². The molecule has 0 unspecified atom stereocenters. The first-order valence-corrected chi connectivity index (χ1v) is 9.28. The highest BCUT2D eigenvalue weighted by Crippen LogP contribution is 2.28. The Hall–Kier alpha value is -3.53. The molecule has 0 aliphatic heterocycles. The van der Waals surface area contributed by atoms with Crippen LogP contribution in [0.15, 0.2) is 37.1 Å². The van der Waals surface area contributed by atoms with E-state index in [1.54, 1.807) is 30.9 Å². The summed E-state index contributed by atoms with van der Waals surface area (Å²) >= 11 is 1.28. The van der Waals surface area contributed by atoms with Gasteiger partial charge in [-0.05, 0) is 19.1 Å². The Morgan fingerprint density at radius 1 is 1.29 bits per heavy atom. The number of nitrogens with zero attached hydrogens (tertiary/aromatic N) is 3. The molecule has 142 valence electrons. The summed E-state index contributed by atoms with van der Waals surface area (Å²) in [5, 5.41) is 12.2. The number of hydrogen-bond donors (Lipinski definition) is 4. The highest BCUT2D eigenvalue weighted by atomic mass is 32.1. The van der Waals surface area contributed by atoms with Gasteiger partial charge >= 0.3 is 5.97 Å². The molecule has 0 saturated heterocycles. The van der Waals surface area contributed by atoms with E-state index in [1.165, 1.54) is 17.5 Å². The summed E-state index contributed by atoms with van der Waals surface area (Å²) in [5.41, 5.74) is 2.22. The Labute approximate surface area is 162 Å². The van der Waals surface area contributed by atoms with Crippen LogP contribution >= 0.6 is 11.3 Å². The molecule has 1 amide bonds. The molecule has 4 aromatic rings. The van der Waals surface area contributed by atoms with Gasteiger partial charge in [0.2, 0.25) is 0 Å². The van der Waals surface area contributed by atoms with Gasteiger partial charge in [-0.15, -0.1) is 11.3 Å². The molecule has 0 spiro atoms. The number of amides is 1. The van der Waals surface area contributed by atoms with Crippen molar-refractivity contribution < 1.29 is 14.7 Å². The molecule has 10 heteroatoms. The van der Waals surface area contributed by atoms with Crippen LogP contribution in [-0.2, 0) is 6.42 Å². The van der Waals surface area contributed by atoms with Gasteiger partial charge in [0.1, 0.15) is 11.1 Å². The van der Waals surface area contributed by atoms with Crippen LogP contribution in [0.5, 0.6) is 0 Å². The lowest BCUT2D eigenvalue weighted by Gasteiger charge is -2.11. The van der Waals surface area contributed by atoms with Gasteiger partial charge in [-0.25, -0.2) is 19.7 Å². The number of fused-ring (bicyclic) bond motifs is 1. The summed E-state index contributed by atoms with van der Waals surface area (Å²) in [7, 11) is 0. The van der Waals surface area contributed by atoms with Gasteiger partial charge in [0.05, 0.1) is 28.0 Å². The van der Waals surface area contributed by atoms with Gasteiger partial charge in [-0.1, -0.05) is 0 Å². The highest BCUT2D eigenvalue weighted by Gasteiger charge is 2.17. The van der Waals surface area contributed by atoms with Crippen molar-refractivity contribution in [2.45, 2.75) is 19.4 Å². The molecule has 1 atom stereocenters. The molecule has 4 aromatic heterocycles. The summed E-state index contributed by atoms with van der Waals surface area (Å²) in [5.74, 6) is -1.25. The first-order valence-electron chi connectivity index (χ1n) is 8.47. The first-order chi connectivity index (χ1) is 13.5. The van der Waals surface area contributed by atoms with Crippen molar-refractivity contribution in [3.8, 4) is 10.6 Å². The van der Waals surface area contributed by atoms with Crippen molar-refractivity contribution in [2.24, 2.45) is 0 Å². The Kier molecular flexibility index (Phi) is 4.62. The van der Waals surface area contributed by atoms with Crippen LogP contribution in [0.1, 0.15) is 32.6 Å². The van der Waals surface area contributed by atoms with Crippen molar-refractivity contribution in [3.05, 3.63) is 53.2 Å². The third kappa shape index (κ3) is 3.49. The van der Waals surface area contributed by atoms with Gasteiger partial charge < -0.3 is 20.4 Å². The minimum absolute atomic E-state index is 0.0616. The minimum Gasteiger partial charge on any atom is -0.478 e. The second-order valence-electron chi connectivity index (χ2n) is 6.28. The predicted octanol–water partition coefficient (Wildman–Crippen LogP) is 2.47. The molecular weight excluding hydrogens is 380 g/mol. The summed E-state index contributed by atoms with van der Waals surface area (Å²) in [6.07, 6.45) is 6.90. The van der Waals surface area contributed by atoms with Crippen LogP contribution in [0.25, 0.3) is 21.7 Å². The smallest absolute Gasteiger partial charge is 0.339 e. The number of aromatic carboxylic acids is 1. The Balaban J connectivity index is 1.52. The number of aromatic amines is 2.